The summed E-state index contributed by atoms with van der Waals surface area (Å²) in [6.45, 7) is 2.67. The van der Waals surface area contributed by atoms with Gasteiger partial charge in [-0.05, 0) is 6.42 Å². The van der Waals surface area contributed by atoms with Crippen molar-refractivity contribution in [3.63, 3.8) is 0 Å². The molecule has 0 aliphatic carbocycles. The Balaban J connectivity index is 4.20. The first-order valence-corrected chi connectivity index (χ1v) is 6.26. The molecule has 1 amide bonds. The van der Waals surface area contributed by atoms with Crippen LogP contribution < -0.4 is 5.32 Å². The van der Waals surface area contributed by atoms with E-state index in [2.05, 4.69) is 22.7 Å². The molecule has 0 saturated carbocycles. The average Bonchev–Trinajstić information content (AvgIpc) is 2.32. The van der Waals surface area contributed by atoms with Crippen LogP contribution in [0.5, 0.6) is 0 Å². The van der Waals surface area contributed by atoms with E-state index < -0.39 is 35.8 Å². The number of hydrogen-bond donors (Lipinski definition) is 3. The van der Waals surface area contributed by atoms with E-state index in [4.69, 9.17) is 5.11 Å². The molecule has 0 aliphatic heterocycles. The Morgan fingerprint density at radius 3 is 2.32 bits per heavy atom. The summed E-state index contributed by atoms with van der Waals surface area (Å²) in [6, 6.07) is -0.998. The van der Waals surface area contributed by atoms with Gasteiger partial charge in [-0.2, -0.15) is 12.6 Å². The lowest BCUT2D eigenvalue weighted by Crippen LogP contribution is -2.42. The van der Waals surface area contributed by atoms with Gasteiger partial charge in [0, 0.05) is 19.1 Å². The number of aliphatic carboxylic acids is 1. The smallest absolute Gasteiger partial charge is 0.337 e. The normalized spacial score (nSPS) is 13.2. The topological polar surface area (TPSA) is 110 Å². The second kappa shape index (κ2) is 8.52. The summed E-state index contributed by atoms with van der Waals surface area (Å²) in [5, 5.41) is 10.9. The van der Waals surface area contributed by atoms with E-state index in [-0.39, 0.29) is 18.6 Å². The summed E-state index contributed by atoms with van der Waals surface area (Å²) in [4.78, 5) is 44.1. The number of carbonyl (C=O) groups is 4. The van der Waals surface area contributed by atoms with Gasteiger partial charge in [-0.3, -0.25) is 14.4 Å². The standard InChI is InChI=1S/C11H17NO6S/c1-6(10(15)16)3-4-9(14)18-11(17)8(5-19)12-7(2)13/h6,8,19H,3-5H2,1-2H3,(H,12,13)(H,15,16). The van der Waals surface area contributed by atoms with Gasteiger partial charge in [-0.25, -0.2) is 4.79 Å². The lowest BCUT2D eigenvalue weighted by Gasteiger charge is -2.13. The maximum absolute atomic E-state index is 11.5. The number of esters is 2. The van der Waals surface area contributed by atoms with Crippen LogP contribution in [0.4, 0.5) is 0 Å². The quantitative estimate of drug-likeness (QED) is 0.346. The maximum Gasteiger partial charge on any atom is 0.337 e. The largest absolute Gasteiger partial charge is 0.481 e. The van der Waals surface area contributed by atoms with Crippen molar-refractivity contribution >= 4 is 36.4 Å². The highest BCUT2D eigenvalue weighted by Crippen LogP contribution is 2.07. The first-order valence-electron chi connectivity index (χ1n) is 5.63. The second-order valence-electron chi connectivity index (χ2n) is 4.01. The Labute approximate surface area is 116 Å². The van der Waals surface area contributed by atoms with Gasteiger partial charge in [-0.1, -0.05) is 6.92 Å². The highest BCUT2D eigenvalue weighted by Gasteiger charge is 2.23. The molecule has 0 aromatic carbocycles. The van der Waals surface area contributed by atoms with E-state index in [0.717, 1.165) is 0 Å². The Kier molecular flexibility index (Phi) is 7.81. The first kappa shape index (κ1) is 17.4. The second-order valence-corrected chi connectivity index (χ2v) is 4.37. The van der Waals surface area contributed by atoms with Gasteiger partial charge in [0.05, 0.1) is 5.92 Å². The Morgan fingerprint density at radius 2 is 1.89 bits per heavy atom. The van der Waals surface area contributed by atoms with Crippen LogP contribution in [0.25, 0.3) is 0 Å². The molecule has 19 heavy (non-hydrogen) atoms. The van der Waals surface area contributed by atoms with Crippen LogP contribution >= 0.6 is 12.6 Å². The first-order chi connectivity index (χ1) is 8.77. The predicted molar refractivity (Wildman–Crippen MR) is 68.6 cm³/mol. The summed E-state index contributed by atoms with van der Waals surface area (Å²) in [7, 11) is 0. The molecule has 0 aromatic heterocycles. The molecule has 0 saturated heterocycles. The Hall–Kier alpha value is -1.57. The molecule has 2 N–H and O–H groups in total. The fourth-order valence-electron chi connectivity index (χ4n) is 1.12. The molecule has 0 spiro atoms. The number of nitrogens with one attached hydrogen (secondary N) is 1. The average molecular weight is 291 g/mol. The van der Waals surface area contributed by atoms with Crippen molar-refractivity contribution in [1.29, 1.82) is 0 Å². The van der Waals surface area contributed by atoms with Crippen molar-refractivity contribution < 1.29 is 29.0 Å². The van der Waals surface area contributed by atoms with Gasteiger partial charge >= 0.3 is 17.9 Å². The van der Waals surface area contributed by atoms with E-state index in [9.17, 15) is 19.2 Å². The van der Waals surface area contributed by atoms with Gasteiger partial charge < -0.3 is 15.2 Å². The molecule has 2 unspecified atom stereocenters. The van der Waals surface area contributed by atoms with Gasteiger partial charge in [-0.15, -0.1) is 0 Å². The molecule has 8 heteroatoms. The molecule has 0 fully saturated rings. The van der Waals surface area contributed by atoms with Crippen LogP contribution in [0.15, 0.2) is 0 Å². The van der Waals surface area contributed by atoms with Crippen molar-refractivity contribution in [2.24, 2.45) is 5.92 Å². The summed E-state index contributed by atoms with van der Waals surface area (Å²) in [5.74, 6) is -3.89. The lowest BCUT2D eigenvalue weighted by atomic mass is 10.1. The number of carboxylic acids is 1. The van der Waals surface area contributed by atoms with Crippen LogP contribution in [0, 0.1) is 5.92 Å². The van der Waals surface area contributed by atoms with Crippen LogP contribution in [-0.2, 0) is 23.9 Å². The number of carbonyl (C=O) groups excluding carboxylic acids is 3. The zero-order valence-corrected chi connectivity index (χ0v) is 11.6. The maximum atomic E-state index is 11.5. The van der Waals surface area contributed by atoms with E-state index >= 15 is 0 Å². The SMILES string of the molecule is CC(=O)NC(CS)C(=O)OC(=O)CCC(C)C(=O)O. The van der Waals surface area contributed by atoms with Crippen molar-refractivity contribution in [2.45, 2.75) is 32.7 Å². The van der Waals surface area contributed by atoms with Crippen molar-refractivity contribution in [3.8, 4) is 0 Å². The zero-order chi connectivity index (χ0) is 15.0. The minimum atomic E-state index is -1.02. The van der Waals surface area contributed by atoms with Crippen molar-refractivity contribution in [1.82, 2.24) is 5.32 Å². The van der Waals surface area contributed by atoms with Gasteiger partial charge in [0.25, 0.3) is 0 Å². The van der Waals surface area contributed by atoms with Gasteiger partial charge in [0.15, 0.2) is 0 Å². The Bertz CT molecular complexity index is 370. The summed E-state index contributed by atoms with van der Waals surface area (Å²) in [6.07, 6.45) is -0.105. The van der Waals surface area contributed by atoms with E-state index in [1.54, 1.807) is 0 Å². The number of amides is 1. The molecule has 0 aliphatic rings. The Morgan fingerprint density at radius 1 is 1.32 bits per heavy atom. The van der Waals surface area contributed by atoms with Crippen LogP contribution in [0.2, 0.25) is 0 Å². The van der Waals surface area contributed by atoms with Crippen LogP contribution in [-0.4, -0.2) is 40.7 Å². The van der Waals surface area contributed by atoms with Crippen LogP contribution in [0.3, 0.4) is 0 Å². The third kappa shape index (κ3) is 7.45. The third-order valence-electron chi connectivity index (χ3n) is 2.26. The lowest BCUT2D eigenvalue weighted by molar-refractivity contribution is -0.161. The summed E-state index contributed by atoms with van der Waals surface area (Å²) < 4.78 is 4.50. The monoisotopic (exact) mass is 291 g/mol. The van der Waals surface area contributed by atoms with E-state index in [1.807, 2.05) is 0 Å². The number of ether oxygens (including phenoxy) is 1. The summed E-state index contributed by atoms with van der Waals surface area (Å²) >= 11 is 3.86. The number of carboxylic acid groups (broad SMARTS) is 1. The predicted octanol–water partition coefficient (Wildman–Crippen LogP) is -0.00840. The molecule has 0 radical (unpaired) electrons. The molecule has 2 atom stereocenters. The molecule has 0 bridgehead atoms. The fourth-order valence-corrected chi connectivity index (χ4v) is 1.36. The molecule has 0 aromatic rings. The minimum Gasteiger partial charge on any atom is -0.481 e. The van der Waals surface area contributed by atoms with Crippen molar-refractivity contribution in [3.05, 3.63) is 0 Å². The molecule has 7 nitrogen and oxygen atoms in total. The molecule has 108 valence electrons. The van der Waals surface area contributed by atoms with Crippen LogP contribution in [0.1, 0.15) is 26.7 Å². The van der Waals surface area contributed by atoms with Gasteiger partial charge in [0.1, 0.15) is 6.04 Å². The van der Waals surface area contributed by atoms with E-state index in [0.29, 0.717) is 0 Å². The minimum absolute atomic E-state index is 0.00276. The third-order valence-corrected chi connectivity index (χ3v) is 2.63. The molecular weight excluding hydrogens is 274 g/mol. The molecule has 0 rings (SSSR count). The van der Waals surface area contributed by atoms with E-state index in [1.165, 1.54) is 13.8 Å². The zero-order valence-electron chi connectivity index (χ0n) is 10.7. The number of thiol groups is 1. The summed E-state index contributed by atoms with van der Waals surface area (Å²) in [5.41, 5.74) is 0. The number of hydrogen-bond acceptors (Lipinski definition) is 6. The van der Waals surface area contributed by atoms with Gasteiger partial charge in [0.2, 0.25) is 5.91 Å². The van der Waals surface area contributed by atoms with Crippen molar-refractivity contribution in [2.75, 3.05) is 5.75 Å². The fraction of sp³-hybridized carbons (Fsp3) is 0.636. The molecule has 0 heterocycles. The molecular formula is C11H17NO6S. The highest BCUT2D eigenvalue weighted by molar-refractivity contribution is 7.80. The highest BCUT2D eigenvalue weighted by atomic mass is 32.1. The number of rotatable bonds is 7.